The van der Waals surface area contributed by atoms with Crippen molar-refractivity contribution >= 4 is 85.0 Å². The molecule has 0 atom stereocenters. The van der Waals surface area contributed by atoms with Gasteiger partial charge in [-0.2, -0.15) is 9.97 Å². The second kappa shape index (κ2) is 11.1. The van der Waals surface area contributed by atoms with Crippen LogP contribution in [0.1, 0.15) is 0 Å². The van der Waals surface area contributed by atoms with E-state index in [1.807, 2.05) is 41.8 Å². The lowest BCUT2D eigenvalue weighted by Gasteiger charge is -2.12. The molecule has 0 saturated carbocycles. The number of benzene rings is 6. The fraction of sp³-hybridized carbons (Fsp3) is 0. The predicted octanol–water partition coefficient (Wildman–Crippen LogP) is 11.5. The van der Waals surface area contributed by atoms with Crippen LogP contribution in [-0.2, 0) is 0 Å². The maximum atomic E-state index is 5.28. The Morgan fingerprint density at radius 1 is 0.471 bits per heavy atom. The lowest BCUT2D eigenvalue weighted by Crippen LogP contribution is -2.06. The van der Waals surface area contributed by atoms with Gasteiger partial charge in [0.2, 0.25) is 5.95 Å². The van der Waals surface area contributed by atoms with E-state index in [4.69, 9.17) is 19.9 Å². The van der Waals surface area contributed by atoms with E-state index in [9.17, 15) is 0 Å². The van der Waals surface area contributed by atoms with E-state index < -0.39 is 0 Å². The van der Waals surface area contributed by atoms with Crippen molar-refractivity contribution in [2.24, 2.45) is 0 Å². The smallest absolute Gasteiger partial charge is 0.238 e. The standard InChI is InChI=1S/C43H24N6S2/c1-3-11-25(12-4-1)26-19-21-28(22-20-26)41-46-40(27-13-5-2-6-14-27)47-43(48-41)49-32-17-9-7-15-29(32)36-37(49)39-35(31-23-44-24-45-42(31)51-39)34-30-16-8-10-18-33(30)50-38(34)36/h1-24H. The van der Waals surface area contributed by atoms with Gasteiger partial charge < -0.3 is 0 Å². The second-order valence-corrected chi connectivity index (χ2v) is 14.6. The van der Waals surface area contributed by atoms with Crippen molar-refractivity contribution in [2.45, 2.75) is 0 Å². The summed E-state index contributed by atoms with van der Waals surface area (Å²) < 4.78 is 5.88. The largest absolute Gasteiger partial charge is 0.276 e. The molecule has 11 rings (SSSR count). The van der Waals surface area contributed by atoms with Crippen LogP contribution in [0.5, 0.6) is 0 Å². The lowest BCUT2D eigenvalue weighted by molar-refractivity contribution is 0.955. The third-order valence-electron chi connectivity index (χ3n) is 9.64. The van der Waals surface area contributed by atoms with Crippen LogP contribution in [0.25, 0.3) is 102 Å². The molecule has 0 spiro atoms. The molecule has 0 amide bonds. The number of para-hydroxylation sites is 1. The molecule has 0 N–H and O–H groups in total. The Labute approximate surface area is 299 Å². The van der Waals surface area contributed by atoms with E-state index in [-0.39, 0.29) is 0 Å². The van der Waals surface area contributed by atoms with Crippen LogP contribution in [-0.4, -0.2) is 29.5 Å². The fourth-order valence-electron chi connectivity index (χ4n) is 7.37. The Morgan fingerprint density at radius 2 is 1.08 bits per heavy atom. The monoisotopic (exact) mass is 688 g/mol. The molecule has 0 unspecified atom stereocenters. The highest BCUT2D eigenvalue weighted by atomic mass is 32.1. The van der Waals surface area contributed by atoms with Crippen molar-refractivity contribution in [3.63, 3.8) is 0 Å². The highest BCUT2D eigenvalue weighted by Gasteiger charge is 2.26. The summed E-state index contributed by atoms with van der Waals surface area (Å²) in [6.07, 6.45) is 3.60. The zero-order valence-electron chi connectivity index (χ0n) is 26.9. The molecule has 0 aliphatic carbocycles. The van der Waals surface area contributed by atoms with Gasteiger partial charge in [-0.25, -0.2) is 15.0 Å². The predicted molar refractivity (Wildman–Crippen MR) is 212 cm³/mol. The maximum absolute atomic E-state index is 5.28. The van der Waals surface area contributed by atoms with E-state index in [2.05, 4.69) is 119 Å². The minimum atomic E-state index is 0.572. The van der Waals surface area contributed by atoms with Crippen LogP contribution in [0.2, 0.25) is 0 Å². The molecular formula is C43H24N6S2. The Hall–Kier alpha value is -6.35. The van der Waals surface area contributed by atoms with E-state index in [1.165, 1.54) is 36.5 Å². The maximum Gasteiger partial charge on any atom is 0.238 e. The van der Waals surface area contributed by atoms with Gasteiger partial charge in [-0.1, -0.05) is 121 Å². The summed E-state index contributed by atoms with van der Waals surface area (Å²) in [6.45, 7) is 0. The molecule has 11 aromatic rings. The molecule has 8 heteroatoms. The van der Waals surface area contributed by atoms with Crippen LogP contribution < -0.4 is 0 Å². The van der Waals surface area contributed by atoms with Crippen molar-refractivity contribution < 1.29 is 0 Å². The van der Waals surface area contributed by atoms with Gasteiger partial charge in [0.1, 0.15) is 11.2 Å². The Balaban J connectivity index is 1.27. The number of hydrogen-bond donors (Lipinski definition) is 0. The number of rotatable bonds is 4. The number of thiophene rings is 2. The summed E-state index contributed by atoms with van der Waals surface area (Å²) in [4.78, 5) is 25.8. The van der Waals surface area contributed by atoms with Gasteiger partial charge in [-0.15, -0.1) is 22.7 Å². The first-order valence-corrected chi connectivity index (χ1v) is 18.3. The molecule has 0 fully saturated rings. The van der Waals surface area contributed by atoms with Gasteiger partial charge in [-0.3, -0.25) is 4.57 Å². The molecular weight excluding hydrogens is 665 g/mol. The van der Waals surface area contributed by atoms with Gasteiger partial charge in [0.05, 0.1) is 15.7 Å². The van der Waals surface area contributed by atoms with Crippen molar-refractivity contribution in [3.05, 3.63) is 146 Å². The minimum Gasteiger partial charge on any atom is -0.276 e. The van der Waals surface area contributed by atoms with Crippen molar-refractivity contribution in [3.8, 4) is 39.9 Å². The summed E-state index contributed by atoms with van der Waals surface area (Å²) >= 11 is 3.54. The molecule has 0 aliphatic rings. The normalized spacial score (nSPS) is 11.9. The molecule has 5 heterocycles. The van der Waals surface area contributed by atoms with Crippen molar-refractivity contribution in [2.75, 3.05) is 0 Å². The summed E-state index contributed by atoms with van der Waals surface area (Å²) in [5, 5.41) is 7.09. The molecule has 0 radical (unpaired) electrons. The zero-order chi connectivity index (χ0) is 33.5. The molecule has 0 saturated heterocycles. The van der Waals surface area contributed by atoms with E-state index in [0.717, 1.165) is 48.0 Å². The van der Waals surface area contributed by atoms with Crippen LogP contribution in [0.3, 0.4) is 0 Å². The van der Waals surface area contributed by atoms with Crippen LogP contribution in [0.4, 0.5) is 0 Å². The Bertz CT molecular complexity index is 3130. The van der Waals surface area contributed by atoms with Crippen LogP contribution in [0.15, 0.2) is 146 Å². The van der Waals surface area contributed by atoms with Crippen molar-refractivity contribution in [1.82, 2.24) is 29.5 Å². The van der Waals surface area contributed by atoms with Gasteiger partial charge >= 0.3 is 0 Å². The average molecular weight is 689 g/mol. The molecule has 0 bridgehead atoms. The van der Waals surface area contributed by atoms with Crippen molar-refractivity contribution in [1.29, 1.82) is 0 Å². The first kappa shape index (κ1) is 28.5. The van der Waals surface area contributed by atoms with E-state index in [1.54, 1.807) is 17.7 Å². The SMILES string of the molecule is c1ccc(-c2ccc(-c3nc(-c4ccccc4)nc(-n4c5ccccc5c5c6sc7ccccc7c6c6c7cncnc7sc6c54)n3)cc2)cc1. The van der Waals surface area contributed by atoms with Crippen LogP contribution in [0, 0.1) is 0 Å². The summed E-state index contributed by atoms with van der Waals surface area (Å²) in [6, 6.07) is 46.4. The minimum absolute atomic E-state index is 0.572. The summed E-state index contributed by atoms with van der Waals surface area (Å²) in [5.74, 6) is 1.81. The van der Waals surface area contributed by atoms with Crippen LogP contribution >= 0.6 is 22.7 Å². The molecule has 0 aliphatic heterocycles. The number of aromatic nitrogens is 6. The van der Waals surface area contributed by atoms with E-state index >= 15 is 0 Å². The lowest BCUT2D eigenvalue weighted by atomic mass is 10.0. The van der Waals surface area contributed by atoms with E-state index in [0.29, 0.717) is 17.6 Å². The first-order chi connectivity index (χ1) is 25.3. The highest BCUT2D eigenvalue weighted by Crippen LogP contribution is 2.51. The average Bonchev–Trinajstić information content (AvgIpc) is 3.88. The Kier molecular flexibility index (Phi) is 6.19. The fourth-order valence-corrected chi connectivity index (χ4v) is 9.80. The zero-order valence-corrected chi connectivity index (χ0v) is 28.5. The number of hydrogen-bond acceptors (Lipinski definition) is 7. The number of fused-ring (bicyclic) bond motifs is 12. The van der Waals surface area contributed by atoms with Gasteiger partial charge in [-0.05, 0) is 23.3 Å². The molecule has 238 valence electrons. The molecule has 51 heavy (non-hydrogen) atoms. The Morgan fingerprint density at radius 3 is 1.86 bits per heavy atom. The summed E-state index contributed by atoms with van der Waals surface area (Å²) in [5.41, 5.74) is 6.27. The topological polar surface area (TPSA) is 69.4 Å². The second-order valence-electron chi connectivity index (χ2n) is 12.5. The van der Waals surface area contributed by atoms with Gasteiger partial charge in [0, 0.05) is 59.0 Å². The highest BCUT2D eigenvalue weighted by molar-refractivity contribution is 7.29. The number of nitrogens with zero attached hydrogens (tertiary/aromatic N) is 6. The quantitative estimate of drug-likeness (QED) is 0.184. The summed E-state index contributed by atoms with van der Waals surface area (Å²) in [7, 11) is 0. The molecule has 6 nitrogen and oxygen atoms in total. The molecule has 5 aromatic heterocycles. The molecule has 6 aromatic carbocycles. The van der Waals surface area contributed by atoms with Gasteiger partial charge in [0.15, 0.2) is 11.6 Å². The third kappa shape index (κ3) is 4.30. The third-order valence-corrected chi connectivity index (χ3v) is 11.9. The van der Waals surface area contributed by atoms with Gasteiger partial charge in [0.25, 0.3) is 0 Å². The first-order valence-electron chi connectivity index (χ1n) is 16.7.